The lowest BCUT2D eigenvalue weighted by molar-refractivity contribution is 0.0953. The summed E-state index contributed by atoms with van der Waals surface area (Å²) in [6, 6.07) is 15.2. The summed E-state index contributed by atoms with van der Waals surface area (Å²) in [6.07, 6.45) is 4.18. The van der Waals surface area contributed by atoms with E-state index in [0.29, 0.717) is 12.3 Å². The molecule has 10 heteroatoms. The molecular formula is C24H27N5O3S2. The zero-order chi connectivity index (χ0) is 23.7. The van der Waals surface area contributed by atoms with Crippen molar-refractivity contribution in [1.29, 1.82) is 0 Å². The van der Waals surface area contributed by atoms with Crippen LogP contribution in [0.1, 0.15) is 18.4 Å². The first-order valence-electron chi connectivity index (χ1n) is 11.2. The topological polar surface area (TPSA) is 93.1 Å². The Bertz CT molecular complexity index is 1410. The molecule has 1 atom stereocenters. The van der Waals surface area contributed by atoms with Crippen LogP contribution in [0.5, 0.6) is 0 Å². The number of para-hydroxylation sites is 1. The van der Waals surface area contributed by atoms with Gasteiger partial charge in [0.15, 0.2) is 11.0 Å². The van der Waals surface area contributed by atoms with Gasteiger partial charge >= 0.3 is 0 Å². The van der Waals surface area contributed by atoms with Crippen LogP contribution in [0.4, 0.5) is 0 Å². The molecule has 0 saturated carbocycles. The smallest absolute Gasteiger partial charge is 0.242 e. The fourth-order valence-corrected chi connectivity index (χ4v) is 6.03. The Morgan fingerprint density at radius 2 is 2.03 bits per heavy atom. The zero-order valence-electron chi connectivity index (χ0n) is 19.1. The number of ether oxygens (including phenoxy) is 1. The molecule has 2 aromatic heterocycles. The number of aromatic nitrogens is 4. The van der Waals surface area contributed by atoms with E-state index in [-0.39, 0.29) is 11.0 Å². The molecule has 1 N–H and O–H groups in total. The molecule has 1 fully saturated rings. The minimum atomic E-state index is -3.48. The van der Waals surface area contributed by atoms with E-state index in [1.807, 2.05) is 30.5 Å². The second-order valence-electron chi connectivity index (χ2n) is 8.52. The normalized spacial score (nSPS) is 16.6. The fraction of sp³-hybridized carbons (Fsp3) is 0.333. The lowest BCUT2D eigenvalue weighted by Crippen LogP contribution is -2.22. The molecule has 34 heavy (non-hydrogen) atoms. The Morgan fingerprint density at radius 1 is 1.18 bits per heavy atom. The summed E-state index contributed by atoms with van der Waals surface area (Å²) in [5.74, 6) is 1.38. The van der Waals surface area contributed by atoms with Gasteiger partial charge in [-0.15, -0.1) is 10.2 Å². The van der Waals surface area contributed by atoms with E-state index >= 15 is 0 Å². The van der Waals surface area contributed by atoms with Gasteiger partial charge in [0.05, 0.1) is 17.5 Å². The van der Waals surface area contributed by atoms with Crippen molar-refractivity contribution >= 4 is 32.7 Å². The van der Waals surface area contributed by atoms with Crippen molar-refractivity contribution in [3.63, 3.8) is 0 Å². The van der Waals surface area contributed by atoms with Crippen LogP contribution < -0.4 is 0 Å². The highest BCUT2D eigenvalue weighted by molar-refractivity contribution is 7.98. The quantitative estimate of drug-likeness (QED) is 0.368. The monoisotopic (exact) mass is 497 g/mol. The summed E-state index contributed by atoms with van der Waals surface area (Å²) >= 11 is 1.55. The molecule has 1 unspecified atom stereocenters. The summed E-state index contributed by atoms with van der Waals surface area (Å²) in [4.78, 5) is 3.61. The van der Waals surface area contributed by atoms with E-state index in [1.54, 1.807) is 30.0 Å². The Balaban J connectivity index is 1.45. The third-order valence-electron chi connectivity index (χ3n) is 6.00. The maximum Gasteiger partial charge on any atom is 0.242 e. The van der Waals surface area contributed by atoms with E-state index in [4.69, 9.17) is 4.74 Å². The summed E-state index contributed by atoms with van der Waals surface area (Å²) in [5.41, 5.74) is 2.97. The van der Waals surface area contributed by atoms with Gasteiger partial charge in [-0.05, 0) is 36.6 Å². The highest BCUT2D eigenvalue weighted by Crippen LogP contribution is 2.32. The number of hydrogen-bond donors (Lipinski definition) is 1. The molecule has 5 rings (SSSR count). The molecular weight excluding hydrogens is 470 g/mol. The number of fused-ring (bicyclic) bond motifs is 1. The molecule has 178 valence electrons. The number of thioether (sulfide) groups is 1. The standard InChI is InChI=1S/C24H27N5O3S2/c1-28(2)34(30,31)19-9-5-7-17(13-19)16-33-24-27-26-23(29(24)15-18-8-6-12-32-18)21-14-25-22-11-4-3-10-20(21)22/h3-5,7,9-11,13-14,18,25H,6,8,12,15-16H2,1-2H3. The van der Waals surface area contributed by atoms with E-state index in [1.165, 1.54) is 18.4 Å². The third-order valence-corrected chi connectivity index (χ3v) is 8.85. The molecule has 0 aliphatic carbocycles. The Morgan fingerprint density at radius 3 is 2.82 bits per heavy atom. The highest BCUT2D eigenvalue weighted by Gasteiger charge is 2.23. The van der Waals surface area contributed by atoms with E-state index < -0.39 is 10.0 Å². The lowest BCUT2D eigenvalue weighted by Gasteiger charge is -2.15. The van der Waals surface area contributed by atoms with Gasteiger partial charge in [-0.1, -0.05) is 42.1 Å². The van der Waals surface area contributed by atoms with Crippen molar-refractivity contribution in [2.75, 3.05) is 20.7 Å². The maximum absolute atomic E-state index is 12.5. The van der Waals surface area contributed by atoms with Crippen molar-refractivity contribution < 1.29 is 13.2 Å². The number of H-pyrrole nitrogens is 1. The molecule has 0 radical (unpaired) electrons. The SMILES string of the molecule is CN(C)S(=O)(=O)c1cccc(CSc2nnc(-c3c[nH]c4ccccc34)n2CC2CCCO2)c1. The van der Waals surface area contributed by atoms with Gasteiger partial charge in [0.25, 0.3) is 0 Å². The first-order chi connectivity index (χ1) is 16.4. The van der Waals surface area contributed by atoms with Crippen molar-refractivity contribution in [1.82, 2.24) is 24.1 Å². The third kappa shape index (κ3) is 4.50. The number of aromatic amines is 1. The molecule has 1 aliphatic rings. The molecule has 4 aromatic rings. The van der Waals surface area contributed by atoms with Gasteiger partial charge in [-0.3, -0.25) is 4.57 Å². The lowest BCUT2D eigenvalue weighted by atomic mass is 10.1. The summed E-state index contributed by atoms with van der Waals surface area (Å²) in [6.45, 7) is 1.46. The Hall–Kier alpha value is -2.66. The second kappa shape index (κ2) is 9.53. The Labute approximate surface area is 203 Å². The van der Waals surface area contributed by atoms with Crippen LogP contribution in [0, 0.1) is 0 Å². The van der Waals surface area contributed by atoms with E-state index in [2.05, 4.69) is 25.8 Å². The molecule has 8 nitrogen and oxygen atoms in total. The van der Waals surface area contributed by atoms with Crippen molar-refractivity contribution in [3.8, 4) is 11.4 Å². The molecule has 0 amide bonds. The minimum absolute atomic E-state index is 0.132. The van der Waals surface area contributed by atoms with Gasteiger partial charge < -0.3 is 9.72 Å². The van der Waals surface area contributed by atoms with Crippen molar-refractivity contribution in [2.45, 2.75) is 41.3 Å². The van der Waals surface area contributed by atoms with Crippen LogP contribution in [-0.2, 0) is 27.1 Å². The number of rotatable bonds is 8. The van der Waals surface area contributed by atoms with Crippen LogP contribution in [0.15, 0.2) is 64.8 Å². The summed E-state index contributed by atoms with van der Waals surface area (Å²) < 4.78 is 34.3. The molecule has 0 bridgehead atoms. The van der Waals surface area contributed by atoms with Crippen molar-refractivity contribution in [3.05, 3.63) is 60.3 Å². The first-order valence-corrected chi connectivity index (χ1v) is 13.6. The molecule has 1 saturated heterocycles. The van der Waals surface area contributed by atoms with Gasteiger partial charge in [0.2, 0.25) is 10.0 Å². The zero-order valence-corrected chi connectivity index (χ0v) is 20.8. The van der Waals surface area contributed by atoms with Crippen LogP contribution in [0.25, 0.3) is 22.3 Å². The first kappa shape index (κ1) is 23.1. The minimum Gasteiger partial charge on any atom is -0.376 e. The average molecular weight is 498 g/mol. The number of nitrogens with zero attached hydrogens (tertiary/aromatic N) is 4. The maximum atomic E-state index is 12.5. The van der Waals surface area contributed by atoms with Crippen LogP contribution in [-0.4, -0.2) is 59.3 Å². The highest BCUT2D eigenvalue weighted by atomic mass is 32.2. The molecule has 3 heterocycles. The van der Waals surface area contributed by atoms with E-state index in [9.17, 15) is 8.42 Å². The number of nitrogens with one attached hydrogen (secondary N) is 1. The molecule has 0 spiro atoms. The van der Waals surface area contributed by atoms with E-state index in [0.717, 1.165) is 52.5 Å². The van der Waals surface area contributed by atoms with Gasteiger partial charge in [-0.2, -0.15) is 0 Å². The largest absolute Gasteiger partial charge is 0.376 e. The number of benzene rings is 2. The number of sulfonamides is 1. The number of hydrogen-bond acceptors (Lipinski definition) is 6. The fourth-order valence-electron chi connectivity index (χ4n) is 4.16. The van der Waals surface area contributed by atoms with Gasteiger partial charge in [0, 0.05) is 49.1 Å². The van der Waals surface area contributed by atoms with Crippen LogP contribution >= 0.6 is 11.8 Å². The second-order valence-corrected chi connectivity index (χ2v) is 11.6. The Kier molecular flexibility index (Phi) is 6.48. The van der Waals surface area contributed by atoms with Gasteiger partial charge in [0.1, 0.15) is 0 Å². The molecule has 2 aromatic carbocycles. The van der Waals surface area contributed by atoms with Crippen LogP contribution in [0.3, 0.4) is 0 Å². The van der Waals surface area contributed by atoms with Gasteiger partial charge in [-0.25, -0.2) is 12.7 Å². The summed E-state index contributed by atoms with van der Waals surface area (Å²) in [7, 11) is -0.405. The predicted molar refractivity (Wildman–Crippen MR) is 133 cm³/mol. The van der Waals surface area contributed by atoms with Crippen LogP contribution in [0.2, 0.25) is 0 Å². The van der Waals surface area contributed by atoms with Crippen molar-refractivity contribution in [2.24, 2.45) is 0 Å². The average Bonchev–Trinajstić information content (AvgIpc) is 3.58. The molecule has 1 aliphatic heterocycles. The predicted octanol–water partition coefficient (Wildman–Crippen LogP) is 4.15. The summed E-state index contributed by atoms with van der Waals surface area (Å²) in [5, 5.41) is 11.0.